The van der Waals surface area contributed by atoms with Crippen LogP contribution in [0.25, 0.3) is 0 Å². The van der Waals surface area contributed by atoms with E-state index >= 15 is 0 Å². The third-order valence-electron chi connectivity index (χ3n) is 4.90. The number of aryl methyl sites for hydroxylation is 1. The van der Waals surface area contributed by atoms with E-state index < -0.39 is 11.7 Å². The number of benzene rings is 1. The molecule has 2 atom stereocenters. The van der Waals surface area contributed by atoms with E-state index in [2.05, 4.69) is 0 Å². The number of nitrogens with zero attached hydrogens (tertiary/aromatic N) is 2. The van der Waals surface area contributed by atoms with Crippen LogP contribution >= 0.6 is 0 Å². The van der Waals surface area contributed by atoms with E-state index in [9.17, 15) is 20.1 Å². The highest BCUT2D eigenvalue weighted by molar-refractivity contribution is 5.77. The van der Waals surface area contributed by atoms with Crippen LogP contribution in [0.4, 0.5) is 0 Å². The van der Waals surface area contributed by atoms with Crippen molar-refractivity contribution in [2.75, 3.05) is 32.8 Å². The van der Waals surface area contributed by atoms with Crippen LogP contribution < -0.4 is 0 Å². The fourth-order valence-corrected chi connectivity index (χ4v) is 3.28. The molecule has 25 heavy (non-hydrogen) atoms. The number of likely N-dealkylation sites (tertiary alicyclic amines) is 1. The van der Waals surface area contributed by atoms with Crippen LogP contribution in [0.2, 0.25) is 0 Å². The molecule has 1 aliphatic heterocycles. The fourth-order valence-electron chi connectivity index (χ4n) is 3.28. The fraction of sp³-hybridized carbons (Fsp3) is 0.632. The van der Waals surface area contributed by atoms with Gasteiger partial charge in [-0.25, -0.2) is 0 Å². The highest BCUT2D eigenvalue weighted by Crippen LogP contribution is 2.25. The second-order valence-electron chi connectivity index (χ2n) is 7.17. The van der Waals surface area contributed by atoms with Crippen molar-refractivity contribution >= 4 is 5.91 Å². The van der Waals surface area contributed by atoms with Gasteiger partial charge in [-0.2, -0.15) is 0 Å². The van der Waals surface area contributed by atoms with E-state index in [4.69, 9.17) is 0 Å². The highest BCUT2D eigenvalue weighted by Gasteiger charge is 2.47. The van der Waals surface area contributed by atoms with Crippen molar-refractivity contribution in [3.63, 3.8) is 0 Å². The van der Waals surface area contributed by atoms with Gasteiger partial charge >= 0.3 is 0 Å². The Morgan fingerprint density at radius 3 is 2.64 bits per heavy atom. The molecule has 1 heterocycles. The van der Waals surface area contributed by atoms with E-state index in [0.717, 1.165) is 5.56 Å². The molecule has 0 unspecified atom stereocenters. The molecule has 140 valence electrons. The topological polar surface area (TPSA) is 84.2 Å². The van der Waals surface area contributed by atoms with E-state index in [-0.39, 0.29) is 38.2 Å². The minimum Gasteiger partial charge on any atom is -0.395 e. The summed E-state index contributed by atoms with van der Waals surface area (Å²) in [5.41, 5.74) is -0.262. The van der Waals surface area contributed by atoms with Gasteiger partial charge in [-0.1, -0.05) is 30.3 Å². The lowest BCUT2D eigenvalue weighted by Gasteiger charge is -2.35. The second kappa shape index (κ2) is 8.76. The molecule has 0 bridgehead atoms. The number of hydrogen-bond acceptors (Lipinski definition) is 5. The zero-order valence-electron chi connectivity index (χ0n) is 15.1. The molecule has 1 aliphatic rings. The molecule has 1 amide bonds. The minimum atomic E-state index is -1.36. The molecule has 0 spiro atoms. The molecule has 1 aromatic carbocycles. The van der Waals surface area contributed by atoms with Crippen molar-refractivity contribution in [3.05, 3.63) is 35.9 Å². The summed E-state index contributed by atoms with van der Waals surface area (Å²) in [5, 5.41) is 30.3. The molecular weight excluding hydrogens is 320 g/mol. The number of aliphatic hydroxyl groups is 3. The monoisotopic (exact) mass is 350 g/mol. The Morgan fingerprint density at radius 1 is 1.36 bits per heavy atom. The summed E-state index contributed by atoms with van der Waals surface area (Å²) in [6.07, 6.45) is 0.0260. The number of carbonyl (C=O) groups is 1. The molecule has 6 heteroatoms. The first-order chi connectivity index (χ1) is 11.9. The Balaban J connectivity index is 1.93. The van der Waals surface area contributed by atoms with Gasteiger partial charge in [0.2, 0.25) is 5.91 Å². The van der Waals surface area contributed by atoms with E-state index in [1.54, 1.807) is 4.90 Å². The molecule has 2 rings (SSSR count). The zero-order valence-corrected chi connectivity index (χ0v) is 15.1. The summed E-state index contributed by atoms with van der Waals surface area (Å²) < 4.78 is 0. The number of aliphatic hydroxyl groups excluding tert-OH is 2. The maximum atomic E-state index is 12.4. The van der Waals surface area contributed by atoms with Gasteiger partial charge in [0.25, 0.3) is 0 Å². The summed E-state index contributed by atoms with van der Waals surface area (Å²) in [6.45, 7) is 4.87. The predicted molar refractivity (Wildman–Crippen MR) is 96.1 cm³/mol. The first-order valence-electron chi connectivity index (χ1n) is 8.93. The molecule has 3 N–H and O–H groups in total. The van der Waals surface area contributed by atoms with Crippen molar-refractivity contribution in [1.29, 1.82) is 0 Å². The molecule has 1 fully saturated rings. The lowest BCUT2D eigenvalue weighted by molar-refractivity contribution is -0.131. The molecule has 1 aromatic rings. The third kappa shape index (κ3) is 5.25. The average molecular weight is 350 g/mol. The van der Waals surface area contributed by atoms with Gasteiger partial charge in [-0.15, -0.1) is 0 Å². The first kappa shape index (κ1) is 19.8. The number of amides is 1. The van der Waals surface area contributed by atoms with Crippen LogP contribution in [-0.2, 0) is 11.2 Å². The summed E-state index contributed by atoms with van der Waals surface area (Å²) in [4.78, 5) is 15.9. The van der Waals surface area contributed by atoms with Gasteiger partial charge in [-0.3, -0.25) is 9.69 Å². The van der Waals surface area contributed by atoms with Gasteiger partial charge in [0.05, 0.1) is 13.2 Å². The third-order valence-corrected chi connectivity index (χ3v) is 4.90. The Labute approximate surface area is 149 Å². The number of β-amino-alcohol motifs (C(OH)–C–C–N with tert-alkyl or cyclic N) is 2. The number of carbonyl (C=O) groups excluding carboxylic acids is 1. The maximum absolute atomic E-state index is 12.4. The summed E-state index contributed by atoms with van der Waals surface area (Å²) in [5.74, 6) is -0.0583. The molecule has 0 saturated carbocycles. The van der Waals surface area contributed by atoms with Crippen molar-refractivity contribution in [1.82, 2.24) is 9.80 Å². The minimum absolute atomic E-state index is 0.00985. The van der Waals surface area contributed by atoms with E-state index in [1.807, 2.05) is 49.1 Å². The van der Waals surface area contributed by atoms with Crippen LogP contribution in [0.5, 0.6) is 0 Å². The maximum Gasteiger partial charge on any atom is 0.223 e. The molecule has 0 aromatic heterocycles. The average Bonchev–Trinajstić information content (AvgIpc) is 2.88. The van der Waals surface area contributed by atoms with Crippen molar-refractivity contribution in [2.24, 2.45) is 0 Å². The van der Waals surface area contributed by atoms with E-state index in [1.165, 1.54) is 0 Å². The Kier molecular flexibility index (Phi) is 6.95. The smallest absolute Gasteiger partial charge is 0.223 e. The van der Waals surface area contributed by atoms with Crippen molar-refractivity contribution in [2.45, 2.75) is 44.4 Å². The predicted octanol–water partition coefficient (Wildman–Crippen LogP) is 0.256. The SMILES string of the molecule is CC(C)N(CCO)C[C@]1(O)CN(C(=O)CCc2ccccc2)C[C@H]1O. The summed E-state index contributed by atoms with van der Waals surface area (Å²) >= 11 is 0. The van der Waals surface area contributed by atoms with Gasteiger partial charge in [0.1, 0.15) is 11.7 Å². The molecule has 6 nitrogen and oxygen atoms in total. The van der Waals surface area contributed by atoms with Gasteiger partial charge in [0, 0.05) is 32.1 Å². The Morgan fingerprint density at radius 2 is 2.04 bits per heavy atom. The normalized spacial score (nSPS) is 23.6. The van der Waals surface area contributed by atoms with Crippen molar-refractivity contribution < 1.29 is 20.1 Å². The molecule has 1 saturated heterocycles. The van der Waals surface area contributed by atoms with Crippen LogP contribution in [0.3, 0.4) is 0 Å². The largest absolute Gasteiger partial charge is 0.395 e. The molecule has 0 radical (unpaired) electrons. The van der Waals surface area contributed by atoms with Crippen LogP contribution in [0.1, 0.15) is 25.8 Å². The Hall–Kier alpha value is -1.47. The standard InChI is InChI=1S/C19H30N2O4/c1-15(2)20(10-11-22)13-19(25)14-21(12-17(19)23)18(24)9-8-16-6-4-3-5-7-16/h3-7,15,17,22-23,25H,8-14H2,1-2H3/t17-,19+/m1/s1. The van der Waals surface area contributed by atoms with Crippen LogP contribution in [-0.4, -0.2) is 81.6 Å². The van der Waals surface area contributed by atoms with Gasteiger partial charge < -0.3 is 20.2 Å². The lowest BCUT2D eigenvalue weighted by atomic mass is 9.99. The summed E-state index contributed by atoms with van der Waals surface area (Å²) in [6, 6.07) is 9.93. The van der Waals surface area contributed by atoms with Crippen LogP contribution in [0.15, 0.2) is 30.3 Å². The number of hydrogen-bond donors (Lipinski definition) is 3. The first-order valence-corrected chi connectivity index (χ1v) is 8.93. The Bertz CT molecular complexity index is 552. The van der Waals surface area contributed by atoms with Gasteiger partial charge in [0.15, 0.2) is 0 Å². The zero-order chi connectivity index (χ0) is 18.4. The van der Waals surface area contributed by atoms with E-state index in [0.29, 0.717) is 19.4 Å². The highest BCUT2D eigenvalue weighted by atomic mass is 16.3. The number of rotatable bonds is 8. The molecule has 0 aliphatic carbocycles. The quantitative estimate of drug-likeness (QED) is 0.626. The summed E-state index contributed by atoms with van der Waals surface area (Å²) in [7, 11) is 0. The van der Waals surface area contributed by atoms with Crippen LogP contribution in [0, 0.1) is 0 Å². The molecular formula is C19H30N2O4. The van der Waals surface area contributed by atoms with Gasteiger partial charge in [-0.05, 0) is 25.8 Å². The lowest BCUT2D eigenvalue weighted by Crippen LogP contribution is -2.53. The van der Waals surface area contributed by atoms with Crippen molar-refractivity contribution in [3.8, 4) is 0 Å². The second-order valence-corrected chi connectivity index (χ2v) is 7.17.